The Labute approximate surface area is 174 Å². The molecule has 0 spiro atoms. The molecule has 1 amide bonds. The Morgan fingerprint density at radius 1 is 0.862 bits per heavy atom. The second-order valence-electron chi connectivity index (χ2n) is 8.20. The fourth-order valence-electron chi connectivity index (χ4n) is 3.92. The number of aryl methyl sites for hydroxylation is 3. The van der Waals surface area contributed by atoms with Gasteiger partial charge in [-0.05, 0) is 44.2 Å². The average Bonchev–Trinajstić information content (AvgIpc) is 3.21. The van der Waals surface area contributed by atoms with E-state index in [0.29, 0.717) is 26.1 Å². The zero-order valence-electron chi connectivity index (χ0n) is 17.5. The fraction of sp³-hybridized carbons (Fsp3) is 0.440. The van der Waals surface area contributed by atoms with E-state index in [4.69, 9.17) is 0 Å². The van der Waals surface area contributed by atoms with Gasteiger partial charge in [-0.3, -0.25) is 9.59 Å². The van der Waals surface area contributed by atoms with Gasteiger partial charge in [-0.1, -0.05) is 59.7 Å². The first kappa shape index (κ1) is 21.3. The maximum Gasteiger partial charge on any atom is 0.225 e. The van der Waals surface area contributed by atoms with Gasteiger partial charge in [-0.2, -0.15) is 0 Å². The Morgan fingerprint density at radius 2 is 1.41 bits per heavy atom. The van der Waals surface area contributed by atoms with Crippen LogP contribution in [0.4, 0.5) is 0 Å². The molecule has 2 aromatic rings. The van der Waals surface area contributed by atoms with Crippen molar-refractivity contribution >= 4 is 11.7 Å². The van der Waals surface area contributed by atoms with Crippen LogP contribution in [-0.2, 0) is 22.4 Å². The van der Waals surface area contributed by atoms with Crippen LogP contribution in [0.2, 0.25) is 0 Å². The van der Waals surface area contributed by atoms with Crippen LogP contribution in [0.25, 0.3) is 0 Å². The monoisotopic (exact) mass is 392 g/mol. The van der Waals surface area contributed by atoms with Gasteiger partial charge in [0.15, 0.2) is 0 Å². The van der Waals surface area contributed by atoms with E-state index in [1.807, 2.05) is 0 Å². The molecule has 3 rings (SSSR count). The minimum absolute atomic E-state index is 0.000929. The lowest BCUT2D eigenvalue weighted by Gasteiger charge is -2.17. The van der Waals surface area contributed by atoms with E-state index >= 15 is 0 Å². The number of hydrogen-bond acceptors (Lipinski definition) is 3. The molecule has 154 valence electrons. The number of hydrogen-bond donors (Lipinski definition) is 2. The summed E-state index contributed by atoms with van der Waals surface area (Å²) in [6.45, 7) is 5.94. The summed E-state index contributed by atoms with van der Waals surface area (Å²) in [5.74, 6) is -0.243. The molecule has 2 atom stereocenters. The van der Waals surface area contributed by atoms with Crippen molar-refractivity contribution in [2.75, 3.05) is 19.6 Å². The number of amides is 1. The fourth-order valence-corrected chi connectivity index (χ4v) is 3.92. The van der Waals surface area contributed by atoms with Crippen LogP contribution in [0, 0.1) is 25.7 Å². The Balaban J connectivity index is 1.42. The molecule has 4 heteroatoms. The number of rotatable bonds is 9. The summed E-state index contributed by atoms with van der Waals surface area (Å²) in [5, 5.41) is 6.26. The highest BCUT2D eigenvalue weighted by molar-refractivity contribution is 5.89. The highest BCUT2D eigenvalue weighted by Crippen LogP contribution is 2.21. The zero-order chi connectivity index (χ0) is 20.6. The quantitative estimate of drug-likeness (QED) is 0.688. The molecule has 1 aliphatic heterocycles. The SMILES string of the molecule is Cc1ccc(CCCC(=O)[C@@H]2CNC[C@H]2C(=O)NCCc2ccc(C)cc2)cc1. The standard InChI is InChI=1S/C25H32N2O2/c1-18-6-10-20(11-7-18)4-3-5-24(28)22-16-26-17-23(22)25(29)27-15-14-21-12-8-19(2)9-13-21/h6-13,22-23,26H,3-5,14-17H2,1-2H3,(H,27,29)/t22-,23-/m1/s1. The normalized spacial score (nSPS) is 18.6. The van der Waals surface area contributed by atoms with Crippen LogP contribution in [-0.4, -0.2) is 31.3 Å². The minimum Gasteiger partial charge on any atom is -0.355 e. The van der Waals surface area contributed by atoms with Gasteiger partial charge in [0.25, 0.3) is 0 Å². The predicted octanol–water partition coefficient (Wildman–Crippen LogP) is 3.39. The summed E-state index contributed by atoms with van der Waals surface area (Å²) in [4.78, 5) is 25.3. The predicted molar refractivity (Wildman–Crippen MR) is 117 cm³/mol. The maximum atomic E-state index is 12.7. The molecular formula is C25H32N2O2. The lowest BCUT2D eigenvalue weighted by atomic mass is 9.88. The number of ketones is 1. The smallest absolute Gasteiger partial charge is 0.225 e. The Hall–Kier alpha value is -2.46. The van der Waals surface area contributed by atoms with Crippen LogP contribution < -0.4 is 10.6 Å². The van der Waals surface area contributed by atoms with E-state index in [2.05, 4.69) is 73.0 Å². The third-order valence-corrected chi connectivity index (χ3v) is 5.81. The molecular weight excluding hydrogens is 360 g/mol. The van der Waals surface area contributed by atoms with Gasteiger partial charge in [0.1, 0.15) is 5.78 Å². The lowest BCUT2D eigenvalue weighted by molar-refractivity contribution is -0.131. The summed E-state index contributed by atoms with van der Waals surface area (Å²) >= 11 is 0. The topological polar surface area (TPSA) is 58.2 Å². The van der Waals surface area contributed by atoms with E-state index in [1.165, 1.54) is 22.3 Å². The van der Waals surface area contributed by atoms with Crippen molar-refractivity contribution in [3.05, 3.63) is 70.8 Å². The highest BCUT2D eigenvalue weighted by Gasteiger charge is 2.36. The van der Waals surface area contributed by atoms with Crippen LogP contribution in [0.3, 0.4) is 0 Å². The van der Waals surface area contributed by atoms with Gasteiger partial charge in [0.2, 0.25) is 5.91 Å². The van der Waals surface area contributed by atoms with Crippen molar-refractivity contribution in [2.45, 2.75) is 39.5 Å². The Kier molecular flexibility index (Phi) is 7.59. The van der Waals surface area contributed by atoms with Crippen molar-refractivity contribution < 1.29 is 9.59 Å². The number of carbonyl (C=O) groups excluding carboxylic acids is 2. The molecule has 2 N–H and O–H groups in total. The van der Waals surface area contributed by atoms with Gasteiger partial charge in [0, 0.05) is 32.0 Å². The first-order valence-electron chi connectivity index (χ1n) is 10.6. The van der Waals surface area contributed by atoms with Crippen molar-refractivity contribution in [1.29, 1.82) is 0 Å². The number of benzene rings is 2. The van der Waals surface area contributed by atoms with Crippen LogP contribution in [0.5, 0.6) is 0 Å². The average molecular weight is 393 g/mol. The van der Waals surface area contributed by atoms with Gasteiger partial charge >= 0.3 is 0 Å². The van der Waals surface area contributed by atoms with Gasteiger partial charge in [0.05, 0.1) is 5.92 Å². The van der Waals surface area contributed by atoms with Gasteiger partial charge in [-0.15, -0.1) is 0 Å². The Bertz CT molecular complexity index is 742. The third-order valence-electron chi connectivity index (χ3n) is 5.81. The molecule has 0 unspecified atom stereocenters. The van der Waals surface area contributed by atoms with E-state index < -0.39 is 0 Å². The first-order valence-corrected chi connectivity index (χ1v) is 10.6. The molecule has 29 heavy (non-hydrogen) atoms. The lowest BCUT2D eigenvalue weighted by Crippen LogP contribution is -2.38. The van der Waals surface area contributed by atoms with Crippen LogP contribution in [0.15, 0.2) is 48.5 Å². The molecule has 2 aromatic carbocycles. The molecule has 0 aromatic heterocycles. The second kappa shape index (κ2) is 10.4. The van der Waals surface area contributed by atoms with Crippen molar-refractivity contribution in [3.8, 4) is 0 Å². The van der Waals surface area contributed by atoms with E-state index in [-0.39, 0.29) is 23.5 Å². The number of nitrogens with one attached hydrogen (secondary N) is 2. The summed E-state index contributed by atoms with van der Waals surface area (Å²) in [6.07, 6.45) is 3.08. The zero-order valence-corrected chi connectivity index (χ0v) is 17.5. The molecule has 0 bridgehead atoms. The highest BCUT2D eigenvalue weighted by atomic mass is 16.2. The molecule has 1 aliphatic rings. The van der Waals surface area contributed by atoms with Gasteiger partial charge < -0.3 is 10.6 Å². The molecule has 1 saturated heterocycles. The summed E-state index contributed by atoms with van der Waals surface area (Å²) in [7, 11) is 0. The van der Waals surface area contributed by atoms with Gasteiger partial charge in [-0.25, -0.2) is 0 Å². The first-order chi connectivity index (χ1) is 14.0. The summed E-state index contributed by atoms with van der Waals surface area (Å²) in [5.41, 5.74) is 4.96. The van der Waals surface area contributed by atoms with Crippen molar-refractivity contribution in [3.63, 3.8) is 0 Å². The number of Topliss-reactive ketones (excluding diaryl/α,β-unsaturated/α-hetero) is 1. The maximum absolute atomic E-state index is 12.7. The number of carbonyl (C=O) groups is 2. The molecule has 1 heterocycles. The molecule has 0 radical (unpaired) electrons. The van der Waals surface area contributed by atoms with Crippen molar-refractivity contribution in [2.24, 2.45) is 11.8 Å². The van der Waals surface area contributed by atoms with Crippen molar-refractivity contribution in [1.82, 2.24) is 10.6 Å². The molecule has 4 nitrogen and oxygen atoms in total. The molecule has 0 saturated carbocycles. The van der Waals surface area contributed by atoms with E-state index in [9.17, 15) is 9.59 Å². The Morgan fingerprint density at radius 3 is 2.03 bits per heavy atom. The molecule has 1 fully saturated rings. The van der Waals surface area contributed by atoms with E-state index in [1.54, 1.807) is 0 Å². The summed E-state index contributed by atoms with van der Waals surface area (Å²) in [6, 6.07) is 16.8. The largest absolute Gasteiger partial charge is 0.355 e. The summed E-state index contributed by atoms with van der Waals surface area (Å²) < 4.78 is 0. The second-order valence-corrected chi connectivity index (χ2v) is 8.20. The van der Waals surface area contributed by atoms with Crippen LogP contribution in [0.1, 0.15) is 35.1 Å². The van der Waals surface area contributed by atoms with E-state index in [0.717, 1.165) is 19.3 Å². The molecule has 0 aliphatic carbocycles. The minimum atomic E-state index is -0.250. The third kappa shape index (κ3) is 6.26. The van der Waals surface area contributed by atoms with Crippen LogP contribution >= 0.6 is 0 Å².